The fraction of sp³-hybridized carbons (Fsp3) is 0.417. The summed E-state index contributed by atoms with van der Waals surface area (Å²) in [5.74, 6) is 0.151. The van der Waals surface area contributed by atoms with Crippen molar-refractivity contribution in [2.75, 3.05) is 6.61 Å². The van der Waals surface area contributed by atoms with Crippen LogP contribution in [0, 0.1) is 0 Å². The Morgan fingerprint density at radius 1 is 1.50 bits per heavy atom. The SMILES string of the molecule is CCCOC(=O)C(C)Oc1cccc(O)c1. The fourth-order valence-corrected chi connectivity index (χ4v) is 1.13. The molecular formula is C12H16O4. The van der Waals surface area contributed by atoms with Crippen molar-refractivity contribution in [3.05, 3.63) is 24.3 Å². The molecule has 0 aromatic heterocycles. The first-order valence-electron chi connectivity index (χ1n) is 5.25. The van der Waals surface area contributed by atoms with Gasteiger partial charge in [-0.1, -0.05) is 13.0 Å². The zero-order valence-electron chi connectivity index (χ0n) is 9.47. The highest BCUT2D eigenvalue weighted by Crippen LogP contribution is 2.19. The normalized spacial score (nSPS) is 11.9. The van der Waals surface area contributed by atoms with Crippen molar-refractivity contribution in [2.45, 2.75) is 26.4 Å². The molecule has 0 amide bonds. The van der Waals surface area contributed by atoms with Crippen LogP contribution in [-0.2, 0) is 9.53 Å². The van der Waals surface area contributed by atoms with E-state index >= 15 is 0 Å². The molecule has 1 unspecified atom stereocenters. The van der Waals surface area contributed by atoms with E-state index in [0.29, 0.717) is 12.4 Å². The smallest absolute Gasteiger partial charge is 0.347 e. The van der Waals surface area contributed by atoms with E-state index in [4.69, 9.17) is 9.47 Å². The molecule has 0 spiro atoms. The molecule has 0 saturated heterocycles. The number of carbonyl (C=O) groups is 1. The van der Waals surface area contributed by atoms with Crippen LogP contribution in [0.4, 0.5) is 0 Å². The second-order valence-electron chi connectivity index (χ2n) is 3.42. The number of hydrogen-bond donors (Lipinski definition) is 1. The maximum Gasteiger partial charge on any atom is 0.347 e. The highest BCUT2D eigenvalue weighted by atomic mass is 16.6. The summed E-state index contributed by atoms with van der Waals surface area (Å²) in [6.45, 7) is 3.93. The van der Waals surface area contributed by atoms with E-state index < -0.39 is 12.1 Å². The van der Waals surface area contributed by atoms with Gasteiger partial charge in [-0.25, -0.2) is 4.79 Å². The van der Waals surface area contributed by atoms with E-state index in [-0.39, 0.29) is 5.75 Å². The lowest BCUT2D eigenvalue weighted by molar-refractivity contribution is -0.151. The highest BCUT2D eigenvalue weighted by molar-refractivity contribution is 5.74. The Kier molecular flexibility index (Phi) is 4.64. The second-order valence-corrected chi connectivity index (χ2v) is 3.42. The molecule has 4 nitrogen and oxygen atoms in total. The van der Waals surface area contributed by atoms with Crippen molar-refractivity contribution in [1.82, 2.24) is 0 Å². The van der Waals surface area contributed by atoms with Gasteiger partial charge in [0.05, 0.1) is 6.61 Å². The minimum atomic E-state index is -0.673. The first-order chi connectivity index (χ1) is 7.63. The average molecular weight is 224 g/mol. The van der Waals surface area contributed by atoms with Crippen LogP contribution in [0.1, 0.15) is 20.3 Å². The molecule has 88 valence electrons. The number of esters is 1. The molecule has 1 aromatic carbocycles. The third-order valence-corrected chi connectivity index (χ3v) is 1.91. The predicted octanol–water partition coefficient (Wildman–Crippen LogP) is 2.11. The number of phenols is 1. The standard InChI is InChI=1S/C12H16O4/c1-3-7-15-12(14)9(2)16-11-6-4-5-10(13)8-11/h4-6,8-9,13H,3,7H2,1-2H3. The summed E-state index contributed by atoms with van der Waals surface area (Å²) >= 11 is 0. The van der Waals surface area contributed by atoms with Crippen molar-refractivity contribution in [3.63, 3.8) is 0 Å². The van der Waals surface area contributed by atoms with Crippen LogP contribution >= 0.6 is 0 Å². The van der Waals surface area contributed by atoms with Crippen LogP contribution in [0.2, 0.25) is 0 Å². The van der Waals surface area contributed by atoms with Crippen LogP contribution < -0.4 is 4.74 Å². The number of benzene rings is 1. The number of aromatic hydroxyl groups is 1. The number of hydrogen-bond acceptors (Lipinski definition) is 4. The van der Waals surface area contributed by atoms with Gasteiger partial charge in [0.2, 0.25) is 0 Å². The minimum absolute atomic E-state index is 0.103. The zero-order valence-corrected chi connectivity index (χ0v) is 9.47. The van der Waals surface area contributed by atoms with Gasteiger partial charge in [-0.05, 0) is 25.5 Å². The summed E-state index contributed by atoms with van der Waals surface area (Å²) in [6.07, 6.45) is 0.110. The van der Waals surface area contributed by atoms with Gasteiger partial charge in [-0.3, -0.25) is 0 Å². The predicted molar refractivity (Wildman–Crippen MR) is 59.4 cm³/mol. The molecule has 0 heterocycles. The molecule has 0 aliphatic heterocycles. The Morgan fingerprint density at radius 2 is 2.25 bits per heavy atom. The lowest BCUT2D eigenvalue weighted by Gasteiger charge is -2.13. The van der Waals surface area contributed by atoms with E-state index in [1.54, 1.807) is 19.1 Å². The summed E-state index contributed by atoms with van der Waals surface area (Å²) in [4.78, 5) is 11.4. The molecule has 1 N–H and O–H groups in total. The summed E-state index contributed by atoms with van der Waals surface area (Å²) in [7, 11) is 0. The van der Waals surface area contributed by atoms with Crippen molar-refractivity contribution >= 4 is 5.97 Å². The maximum atomic E-state index is 11.4. The number of phenolic OH excluding ortho intramolecular Hbond substituents is 1. The number of rotatable bonds is 5. The van der Waals surface area contributed by atoms with E-state index in [1.807, 2.05) is 6.92 Å². The van der Waals surface area contributed by atoms with Gasteiger partial charge in [0.15, 0.2) is 6.10 Å². The van der Waals surface area contributed by atoms with Crippen molar-refractivity contribution < 1.29 is 19.4 Å². The van der Waals surface area contributed by atoms with Crippen LogP contribution in [0.3, 0.4) is 0 Å². The summed E-state index contributed by atoms with van der Waals surface area (Å²) in [6, 6.07) is 6.30. The molecule has 0 aliphatic rings. The lowest BCUT2D eigenvalue weighted by Crippen LogP contribution is -2.26. The van der Waals surface area contributed by atoms with Gasteiger partial charge in [0, 0.05) is 6.07 Å². The zero-order chi connectivity index (χ0) is 12.0. The van der Waals surface area contributed by atoms with Crippen LogP contribution in [0.15, 0.2) is 24.3 Å². The summed E-state index contributed by atoms with van der Waals surface area (Å²) in [5, 5.41) is 9.21. The molecule has 1 aromatic rings. The van der Waals surface area contributed by atoms with Crippen molar-refractivity contribution in [1.29, 1.82) is 0 Å². The van der Waals surface area contributed by atoms with E-state index in [9.17, 15) is 9.90 Å². The van der Waals surface area contributed by atoms with Crippen LogP contribution in [-0.4, -0.2) is 23.8 Å². The monoisotopic (exact) mass is 224 g/mol. The number of ether oxygens (including phenoxy) is 2. The van der Waals surface area contributed by atoms with Gasteiger partial charge in [0.1, 0.15) is 11.5 Å². The van der Waals surface area contributed by atoms with Crippen LogP contribution in [0.25, 0.3) is 0 Å². The Labute approximate surface area is 94.8 Å². The molecule has 0 bridgehead atoms. The molecule has 1 atom stereocenters. The summed E-state index contributed by atoms with van der Waals surface area (Å²) < 4.78 is 10.2. The molecular weight excluding hydrogens is 208 g/mol. The quantitative estimate of drug-likeness (QED) is 0.778. The maximum absolute atomic E-state index is 11.4. The topological polar surface area (TPSA) is 55.8 Å². The van der Waals surface area contributed by atoms with Gasteiger partial charge in [-0.15, -0.1) is 0 Å². The first kappa shape index (κ1) is 12.4. The molecule has 0 fully saturated rings. The molecule has 0 aliphatic carbocycles. The highest BCUT2D eigenvalue weighted by Gasteiger charge is 2.15. The van der Waals surface area contributed by atoms with E-state index in [0.717, 1.165) is 6.42 Å². The molecule has 16 heavy (non-hydrogen) atoms. The van der Waals surface area contributed by atoms with Crippen molar-refractivity contribution in [2.24, 2.45) is 0 Å². The van der Waals surface area contributed by atoms with E-state index in [2.05, 4.69) is 0 Å². The van der Waals surface area contributed by atoms with Crippen molar-refractivity contribution in [3.8, 4) is 11.5 Å². The molecule has 4 heteroatoms. The largest absolute Gasteiger partial charge is 0.508 e. The van der Waals surface area contributed by atoms with Gasteiger partial charge in [0.25, 0.3) is 0 Å². The van der Waals surface area contributed by atoms with Gasteiger partial charge < -0.3 is 14.6 Å². The van der Waals surface area contributed by atoms with Crippen LogP contribution in [0.5, 0.6) is 11.5 Å². The second kappa shape index (κ2) is 6.00. The third kappa shape index (κ3) is 3.81. The first-order valence-corrected chi connectivity index (χ1v) is 5.25. The molecule has 0 saturated carbocycles. The fourth-order valence-electron chi connectivity index (χ4n) is 1.13. The summed E-state index contributed by atoms with van der Waals surface area (Å²) in [5.41, 5.74) is 0. The number of carbonyl (C=O) groups excluding carboxylic acids is 1. The third-order valence-electron chi connectivity index (χ3n) is 1.91. The van der Waals surface area contributed by atoms with E-state index in [1.165, 1.54) is 12.1 Å². The molecule has 1 rings (SSSR count). The Bertz CT molecular complexity index is 349. The molecule has 0 radical (unpaired) electrons. The lowest BCUT2D eigenvalue weighted by atomic mass is 10.3. The Morgan fingerprint density at radius 3 is 2.88 bits per heavy atom. The Balaban J connectivity index is 2.50. The Hall–Kier alpha value is -1.71. The van der Waals surface area contributed by atoms with Gasteiger partial charge >= 0.3 is 5.97 Å². The average Bonchev–Trinajstić information content (AvgIpc) is 2.25. The minimum Gasteiger partial charge on any atom is -0.508 e. The van der Waals surface area contributed by atoms with Gasteiger partial charge in [-0.2, -0.15) is 0 Å².